The van der Waals surface area contributed by atoms with Crippen molar-refractivity contribution in [2.24, 2.45) is 4.99 Å². The zero-order valence-corrected chi connectivity index (χ0v) is 18.6. The lowest BCUT2D eigenvalue weighted by Gasteiger charge is -2.38. The number of hydrogen-bond donors (Lipinski definition) is 0. The first-order valence-electron chi connectivity index (χ1n) is 10.4. The second-order valence-electron chi connectivity index (χ2n) is 7.39. The van der Waals surface area contributed by atoms with Crippen LogP contribution in [0, 0.1) is 0 Å². The van der Waals surface area contributed by atoms with Gasteiger partial charge in [-0.1, -0.05) is 66.9 Å². The van der Waals surface area contributed by atoms with Crippen molar-refractivity contribution in [1.82, 2.24) is 4.90 Å². The summed E-state index contributed by atoms with van der Waals surface area (Å²) in [5.74, 6) is 0.831. The van der Waals surface area contributed by atoms with Gasteiger partial charge < -0.3 is 9.47 Å². The number of nitrogens with zero attached hydrogens (tertiary/aromatic N) is 2. The SMILES string of the molecule is C=CCOc1ccc([C@@H]2C(C(=O)OCc3ccccc3)=C(C)N=C3SCCC(=O)N32)cc1. The van der Waals surface area contributed by atoms with Gasteiger partial charge in [-0.15, -0.1) is 0 Å². The number of benzene rings is 2. The van der Waals surface area contributed by atoms with Gasteiger partial charge in [-0.25, -0.2) is 9.79 Å². The van der Waals surface area contributed by atoms with E-state index in [-0.39, 0.29) is 12.5 Å². The van der Waals surface area contributed by atoms with E-state index in [0.29, 0.717) is 41.0 Å². The number of hydrogen-bond acceptors (Lipinski definition) is 6. The number of amidine groups is 1. The van der Waals surface area contributed by atoms with Crippen molar-refractivity contribution >= 4 is 28.8 Å². The molecule has 7 heteroatoms. The van der Waals surface area contributed by atoms with E-state index in [1.807, 2.05) is 54.6 Å². The molecule has 164 valence electrons. The molecule has 0 radical (unpaired) electrons. The summed E-state index contributed by atoms with van der Waals surface area (Å²) in [7, 11) is 0. The lowest BCUT2D eigenvalue weighted by atomic mass is 9.94. The molecule has 0 spiro atoms. The molecular weight excluding hydrogens is 424 g/mol. The zero-order valence-electron chi connectivity index (χ0n) is 17.8. The summed E-state index contributed by atoms with van der Waals surface area (Å²) in [6.07, 6.45) is 2.07. The van der Waals surface area contributed by atoms with Crippen LogP contribution in [0.5, 0.6) is 5.75 Å². The van der Waals surface area contributed by atoms with Crippen LogP contribution in [0.3, 0.4) is 0 Å². The van der Waals surface area contributed by atoms with Crippen molar-refractivity contribution in [1.29, 1.82) is 0 Å². The Balaban J connectivity index is 1.67. The first-order chi connectivity index (χ1) is 15.6. The molecule has 0 N–H and O–H groups in total. The Labute approximate surface area is 191 Å². The molecule has 32 heavy (non-hydrogen) atoms. The molecule has 2 aromatic rings. The monoisotopic (exact) mass is 448 g/mol. The van der Waals surface area contributed by atoms with Crippen LogP contribution in [0.25, 0.3) is 0 Å². The zero-order chi connectivity index (χ0) is 22.5. The van der Waals surface area contributed by atoms with Crippen molar-refractivity contribution in [2.45, 2.75) is 26.0 Å². The molecule has 6 nitrogen and oxygen atoms in total. The summed E-state index contributed by atoms with van der Waals surface area (Å²) in [5.41, 5.74) is 2.63. The first-order valence-corrected chi connectivity index (χ1v) is 11.4. The second-order valence-corrected chi connectivity index (χ2v) is 8.45. The van der Waals surface area contributed by atoms with Gasteiger partial charge in [-0.2, -0.15) is 0 Å². The molecule has 0 bridgehead atoms. The number of carbonyl (C=O) groups excluding carboxylic acids is 2. The molecule has 1 fully saturated rings. The number of carbonyl (C=O) groups is 2. The fraction of sp³-hybridized carbons (Fsp3) is 0.240. The fourth-order valence-electron chi connectivity index (χ4n) is 3.67. The van der Waals surface area contributed by atoms with Crippen molar-refractivity contribution in [2.75, 3.05) is 12.4 Å². The highest BCUT2D eigenvalue weighted by atomic mass is 32.2. The predicted octanol–water partition coefficient (Wildman–Crippen LogP) is 4.65. The minimum Gasteiger partial charge on any atom is -0.490 e. The Kier molecular flexibility index (Phi) is 6.75. The Morgan fingerprint density at radius 1 is 1.22 bits per heavy atom. The molecule has 0 aromatic heterocycles. The molecule has 0 saturated carbocycles. The molecule has 1 saturated heterocycles. The van der Waals surface area contributed by atoms with Crippen LogP contribution in [0.15, 0.2) is 83.5 Å². The largest absolute Gasteiger partial charge is 0.490 e. The standard InChI is InChI=1S/C25H24N2O4S/c1-3-14-30-20-11-9-19(10-12-20)23-22(24(29)31-16-18-7-5-4-6-8-18)17(2)26-25-27(23)21(28)13-15-32-25/h3-12,23H,1,13-16H2,2H3/t23-/m1/s1. The van der Waals surface area contributed by atoms with Gasteiger partial charge in [0.2, 0.25) is 5.91 Å². The Hall–Kier alpha value is -3.32. The number of rotatable bonds is 7. The van der Waals surface area contributed by atoms with E-state index in [2.05, 4.69) is 11.6 Å². The van der Waals surface area contributed by atoms with E-state index in [1.54, 1.807) is 17.9 Å². The van der Waals surface area contributed by atoms with Gasteiger partial charge in [-0.3, -0.25) is 9.69 Å². The van der Waals surface area contributed by atoms with E-state index in [1.165, 1.54) is 11.8 Å². The molecular formula is C25H24N2O4S. The molecule has 0 aliphatic carbocycles. The van der Waals surface area contributed by atoms with Crippen LogP contribution in [0.4, 0.5) is 0 Å². The molecule has 1 amide bonds. The summed E-state index contributed by atoms with van der Waals surface area (Å²) in [4.78, 5) is 32.3. The smallest absolute Gasteiger partial charge is 0.338 e. The topological polar surface area (TPSA) is 68.2 Å². The van der Waals surface area contributed by atoms with Gasteiger partial charge in [0.1, 0.15) is 19.0 Å². The fourth-order valence-corrected chi connectivity index (χ4v) is 4.68. The maximum atomic E-state index is 13.2. The highest BCUT2D eigenvalue weighted by molar-refractivity contribution is 8.14. The van der Waals surface area contributed by atoms with Crippen molar-refractivity contribution < 1.29 is 19.1 Å². The molecule has 2 aromatic carbocycles. The quantitative estimate of drug-likeness (QED) is 0.456. The Morgan fingerprint density at radius 3 is 2.69 bits per heavy atom. The van der Waals surface area contributed by atoms with Gasteiger partial charge in [0.05, 0.1) is 17.3 Å². The molecule has 2 aliphatic rings. The number of thioether (sulfide) groups is 1. The minimum atomic E-state index is -0.598. The average Bonchev–Trinajstić information content (AvgIpc) is 2.81. The predicted molar refractivity (Wildman–Crippen MR) is 125 cm³/mol. The van der Waals surface area contributed by atoms with Crippen molar-refractivity contribution in [3.63, 3.8) is 0 Å². The van der Waals surface area contributed by atoms with Crippen molar-refractivity contribution in [3.8, 4) is 5.75 Å². The number of allylic oxidation sites excluding steroid dienone is 1. The molecule has 1 atom stereocenters. The van der Waals surface area contributed by atoms with E-state index < -0.39 is 12.0 Å². The van der Waals surface area contributed by atoms with Gasteiger partial charge in [0.25, 0.3) is 0 Å². The summed E-state index contributed by atoms with van der Waals surface area (Å²) in [6, 6.07) is 16.3. The molecule has 0 unspecified atom stereocenters. The van der Waals surface area contributed by atoms with E-state index >= 15 is 0 Å². The third-order valence-electron chi connectivity index (χ3n) is 5.20. The number of ether oxygens (including phenoxy) is 2. The third kappa shape index (κ3) is 4.62. The van der Waals surface area contributed by atoms with Crippen LogP contribution < -0.4 is 4.74 Å². The highest BCUT2D eigenvalue weighted by Gasteiger charge is 2.41. The van der Waals surface area contributed by atoms with Crippen LogP contribution in [-0.2, 0) is 20.9 Å². The summed E-state index contributed by atoms with van der Waals surface area (Å²) < 4.78 is 11.2. The Bertz CT molecular complexity index is 1080. The lowest BCUT2D eigenvalue weighted by Crippen LogP contribution is -2.45. The van der Waals surface area contributed by atoms with Gasteiger partial charge in [0.15, 0.2) is 5.17 Å². The normalized spacial score (nSPS) is 18.0. The van der Waals surface area contributed by atoms with E-state index in [0.717, 1.165) is 11.1 Å². The van der Waals surface area contributed by atoms with Crippen LogP contribution in [0.1, 0.15) is 30.5 Å². The second kappa shape index (κ2) is 9.87. The summed E-state index contributed by atoms with van der Waals surface area (Å²) in [6.45, 7) is 5.99. The Morgan fingerprint density at radius 2 is 1.97 bits per heavy atom. The van der Waals surface area contributed by atoms with Crippen LogP contribution >= 0.6 is 11.8 Å². The summed E-state index contributed by atoms with van der Waals surface area (Å²) >= 11 is 1.52. The van der Waals surface area contributed by atoms with Crippen LogP contribution in [0.2, 0.25) is 0 Å². The van der Waals surface area contributed by atoms with E-state index in [4.69, 9.17) is 9.47 Å². The third-order valence-corrected chi connectivity index (χ3v) is 6.16. The first kappa shape index (κ1) is 21.9. The van der Waals surface area contributed by atoms with Gasteiger partial charge in [-0.05, 0) is 30.2 Å². The maximum absolute atomic E-state index is 13.2. The average molecular weight is 449 g/mol. The number of aliphatic imine (C=N–C) groups is 1. The van der Waals surface area contributed by atoms with E-state index in [9.17, 15) is 9.59 Å². The maximum Gasteiger partial charge on any atom is 0.338 e. The minimum absolute atomic E-state index is 0.0552. The van der Waals surface area contributed by atoms with Gasteiger partial charge in [0, 0.05) is 12.2 Å². The van der Waals surface area contributed by atoms with Gasteiger partial charge >= 0.3 is 5.97 Å². The highest BCUT2D eigenvalue weighted by Crippen LogP contribution is 2.40. The number of amides is 1. The summed E-state index contributed by atoms with van der Waals surface area (Å²) in [5, 5.41) is 0.621. The van der Waals surface area contributed by atoms with Crippen LogP contribution in [-0.4, -0.2) is 34.3 Å². The number of fused-ring (bicyclic) bond motifs is 1. The molecule has 2 aliphatic heterocycles. The molecule has 2 heterocycles. The molecule has 4 rings (SSSR count). The van der Waals surface area contributed by atoms with Crippen molar-refractivity contribution in [3.05, 3.63) is 89.6 Å². The lowest BCUT2D eigenvalue weighted by molar-refractivity contribution is -0.141. The number of esters is 1.